The molecule has 2 aromatic carbocycles. The minimum Gasteiger partial charge on any atom is -0.436 e. The summed E-state index contributed by atoms with van der Waals surface area (Å²) >= 11 is 0. The minimum absolute atomic E-state index is 0.150. The number of oxazole rings is 1. The number of hydrogen-bond donors (Lipinski definition) is 1. The van der Waals surface area contributed by atoms with Crippen molar-refractivity contribution in [1.29, 1.82) is 0 Å². The van der Waals surface area contributed by atoms with E-state index < -0.39 is 5.82 Å². The molecule has 0 atom stereocenters. The van der Waals surface area contributed by atoms with E-state index in [0.29, 0.717) is 41.8 Å². The number of nitrogens with one attached hydrogen (secondary N) is 1. The molecule has 42 heavy (non-hydrogen) atoms. The Morgan fingerprint density at radius 1 is 1.02 bits per heavy atom. The highest BCUT2D eigenvalue weighted by atomic mass is 19.1. The molecule has 0 radical (unpaired) electrons. The van der Waals surface area contributed by atoms with Crippen molar-refractivity contribution in [2.45, 2.75) is 24.9 Å². The molecule has 10 nitrogen and oxygen atoms in total. The third-order valence-corrected chi connectivity index (χ3v) is 8.50. The SMILES string of the molecule is O=C(c1ccc(-c2nc3ccccc3o2)c(F)c1)N1CCC(N2CC(n3cc(-c4ncnc5[nH]ccc45)cn3)C2)CC1. The fourth-order valence-electron chi connectivity index (χ4n) is 6.14. The van der Waals surface area contributed by atoms with Gasteiger partial charge in [0, 0.05) is 61.1 Å². The summed E-state index contributed by atoms with van der Waals surface area (Å²) in [7, 11) is 0. The van der Waals surface area contributed by atoms with Crippen molar-refractivity contribution < 1.29 is 13.6 Å². The Morgan fingerprint density at radius 2 is 1.88 bits per heavy atom. The smallest absolute Gasteiger partial charge is 0.253 e. The zero-order valence-electron chi connectivity index (χ0n) is 22.7. The third-order valence-electron chi connectivity index (χ3n) is 8.50. The van der Waals surface area contributed by atoms with Gasteiger partial charge >= 0.3 is 0 Å². The molecule has 0 bridgehead atoms. The molecular formula is C31H27FN8O2. The first kappa shape index (κ1) is 24.9. The number of carbonyl (C=O) groups excluding carboxylic acids is 1. The third kappa shape index (κ3) is 4.24. The highest BCUT2D eigenvalue weighted by Crippen LogP contribution is 2.31. The van der Waals surface area contributed by atoms with Crippen LogP contribution in [0.4, 0.5) is 4.39 Å². The molecule has 8 rings (SSSR count). The maximum atomic E-state index is 15.0. The van der Waals surface area contributed by atoms with Crippen LogP contribution in [0.1, 0.15) is 29.2 Å². The number of para-hydroxylation sites is 2. The second-order valence-electron chi connectivity index (χ2n) is 11.0. The molecule has 0 spiro atoms. The predicted molar refractivity (Wildman–Crippen MR) is 154 cm³/mol. The van der Waals surface area contributed by atoms with Crippen LogP contribution < -0.4 is 0 Å². The maximum Gasteiger partial charge on any atom is 0.253 e. The molecule has 0 saturated carbocycles. The van der Waals surface area contributed by atoms with Crippen molar-refractivity contribution in [2.75, 3.05) is 26.2 Å². The van der Waals surface area contributed by atoms with Crippen molar-refractivity contribution in [3.63, 3.8) is 0 Å². The monoisotopic (exact) mass is 562 g/mol. The Balaban J connectivity index is 0.874. The van der Waals surface area contributed by atoms with Crippen LogP contribution >= 0.6 is 0 Å². The number of H-pyrrole nitrogens is 1. The van der Waals surface area contributed by atoms with E-state index in [4.69, 9.17) is 4.42 Å². The lowest BCUT2D eigenvalue weighted by molar-refractivity contribution is 0.0198. The summed E-state index contributed by atoms with van der Waals surface area (Å²) in [5.41, 5.74) is 4.51. The Kier molecular flexibility index (Phi) is 5.85. The van der Waals surface area contributed by atoms with Crippen LogP contribution in [0, 0.1) is 5.82 Å². The number of amides is 1. The van der Waals surface area contributed by atoms with Crippen molar-refractivity contribution in [1.82, 2.24) is 39.5 Å². The van der Waals surface area contributed by atoms with Crippen LogP contribution in [-0.4, -0.2) is 77.6 Å². The Morgan fingerprint density at radius 3 is 2.71 bits per heavy atom. The summed E-state index contributed by atoms with van der Waals surface area (Å²) in [5.74, 6) is -0.462. The first-order valence-corrected chi connectivity index (χ1v) is 14.1. The molecular weight excluding hydrogens is 535 g/mol. The first-order chi connectivity index (χ1) is 20.6. The molecule has 2 saturated heterocycles. The lowest BCUT2D eigenvalue weighted by atomic mass is 9.97. The summed E-state index contributed by atoms with van der Waals surface area (Å²) in [6.45, 7) is 3.13. The zero-order valence-corrected chi connectivity index (χ0v) is 22.7. The number of aromatic nitrogens is 6. The summed E-state index contributed by atoms with van der Waals surface area (Å²) in [6.07, 6.45) is 9.14. The number of aromatic amines is 1. The van der Waals surface area contributed by atoms with Crippen LogP contribution in [0.5, 0.6) is 0 Å². The number of piperidine rings is 1. The van der Waals surface area contributed by atoms with E-state index >= 15 is 4.39 Å². The van der Waals surface area contributed by atoms with Gasteiger partial charge in [0.1, 0.15) is 23.3 Å². The molecule has 1 N–H and O–H groups in total. The molecule has 2 aliphatic heterocycles. The van der Waals surface area contributed by atoms with E-state index in [1.165, 1.54) is 6.07 Å². The quantitative estimate of drug-likeness (QED) is 0.317. The summed E-state index contributed by atoms with van der Waals surface area (Å²) < 4.78 is 22.8. The van der Waals surface area contributed by atoms with Gasteiger partial charge in [-0.3, -0.25) is 14.4 Å². The lowest BCUT2D eigenvalue weighted by Gasteiger charge is -2.47. The molecule has 0 unspecified atom stereocenters. The molecule has 0 aliphatic carbocycles. The van der Waals surface area contributed by atoms with Crippen molar-refractivity contribution >= 4 is 28.0 Å². The van der Waals surface area contributed by atoms with Crippen molar-refractivity contribution in [2.24, 2.45) is 0 Å². The van der Waals surface area contributed by atoms with Gasteiger partial charge in [-0.1, -0.05) is 12.1 Å². The van der Waals surface area contributed by atoms with Gasteiger partial charge in [-0.05, 0) is 49.2 Å². The van der Waals surface area contributed by atoms with E-state index in [0.717, 1.165) is 48.2 Å². The predicted octanol–water partition coefficient (Wildman–Crippen LogP) is 4.93. The summed E-state index contributed by atoms with van der Waals surface area (Å²) in [6, 6.07) is 14.5. The topological polar surface area (TPSA) is 109 Å². The number of hydrogen-bond acceptors (Lipinski definition) is 7. The average molecular weight is 563 g/mol. The molecule has 2 aliphatic rings. The molecule has 11 heteroatoms. The fourth-order valence-corrected chi connectivity index (χ4v) is 6.14. The van der Waals surface area contributed by atoms with Gasteiger partial charge in [-0.25, -0.2) is 19.3 Å². The molecule has 4 aromatic heterocycles. The highest BCUT2D eigenvalue weighted by molar-refractivity contribution is 5.95. The van der Waals surface area contributed by atoms with Crippen LogP contribution in [0.2, 0.25) is 0 Å². The molecule has 1 amide bonds. The average Bonchev–Trinajstić information content (AvgIpc) is 3.76. The molecule has 6 heterocycles. The largest absolute Gasteiger partial charge is 0.436 e. The number of halogens is 1. The maximum absolute atomic E-state index is 15.0. The van der Waals surface area contributed by atoms with E-state index in [1.54, 1.807) is 24.5 Å². The zero-order chi connectivity index (χ0) is 28.2. The Hall–Kier alpha value is -4.90. The van der Waals surface area contributed by atoms with Gasteiger partial charge in [0.15, 0.2) is 5.58 Å². The summed E-state index contributed by atoms with van der Waals surface area (Å²) in [5, 5.41) is 5.61. The number of nitrogens with zero attached hydrogens (tertiary/aromatic N) is 7. The standard InChI is InChI=1S/C31H27FN8O2/c32-25-13-19(5-6-23(25)30-37-26-3-1-2-4-27(26)42-30)31(41)38-11-8-21(9-12-38)39-16-22(17-39)40-15-20(14-36-40)28-24-7-10-33-29(24)35-18-34-28/h1-7,10,13-15,18,21-22H,8-9,11-12,16-17H2,(H,33,34,35). The van der Waals surface area contributed by atoms with Gasteiger partial charge in [0.25, 0.3) is 5.91 Å². The van der Waals surface area contributed by atoms with Gasteiger partial charge in [-0.2, -0.15) is 5.10 Å². The van der Waals surface area contributed by atoms with E-state index in [9.17, 15) is 4.79 Å². The van der Waals surface area contributed by atoms with E-state index in [1.807, 2.05) is 46.2 Å². The van der Waals surface area contributed by atoms with Crippen LogP contribution in [-0.2, 0) is 0 Å². The lowest BCUT2D eigenvalue weighted by Crippen LogP contribution is -2.56. The Labute approximate surface area is 239 Å². The summed E-state index contributed by atoms with van der Waals surface area (Å²) in [4.78, 5) is 33.7. The van der Waals surface area contributed by atoms with Crippen LogP contribution in [0.25, 0.3) is 44.8 Å². The molecule has 6 aromatic rings. The number of benzene rings is 2. The number of likely N-dealkylation sites (tertiary alicyclic amines) is 2. The first-order valence-electron chi connectivity index (χ1n) is 14.1. The van der Waals surface area contributed by atoms with Crippen LogP contribution in [0.15, 0.2) is 77.9 Å². The molecule has 2 fully saturated rings. The normalized spacial score (nSPS) is 16.8. The van der Waals surface area contributed by atoms with Gasteiger partial charge < -0.3 is 14.3 Å². The highest BCUT2D eigenvalue weighted by Gasteiger charge is 2.36. The van der Waals surface area contributed by atoms with Crippen molar-refractivity contribution in [3.8, 4) is 22.7 Å². The van der Waals surface area contributed by atoms with E-state index in [2.05, 4.69) is 36.1 Å². The number of fused-ring (bicyclic) bond motifs is 2. The minimum atomic E-state index is -0.520. The van der Waals surface area contributed by atoms with Crippen molar-refractivity contribution in [3.05, 3.63) is 84.8 Å². The number of rotatable bonds is 5. The molecule has 210 valence electrons. The number of carbonyl (C=O) groups is 1. The van der Waals surface area contributed by atoms with Gasteiger partial charge in [0.2, 0.25) is 5.89 Å². The second-order valence-corrected chi connectivity index (χ2v) is 11.0. The van der Waals surface area contributed by atoms with Crippen LogP contribution in [0.3, 0.4) is 0 Å². The second kappa shape index (κ2) is 9.88. The Bertz CT molecular complexity index is 1900. The van der Waals surface area contributed by atoms with Gasteiger partial charge in [0.05, 0.1) is 23.5 Å². The van der Waals surface area contributed by atoms with Gasteiger partial charge in [-0.15, -0.1) is 0 Å². The fraction of sp³-hybridized carbons (Fsp3) is 0.258. The van der Waals surface area contributed by atoms with E-state index in [-0.39, 0.29) is 17.4 Å².